The van der Waals surface area contributed by atoms with E-state index < -0.39 is 24.7 Å². The van der Waals surface area contributed by atoms with E-state index >= 15 is 0 Å². The Morgan fingerprint density at radius 2 is 1.75 bits per heavy atom. The molecule has 0 unspecified atom stereocenters. The van der Waals surface area contributed by atoms with Crippen molar-refractivity contribution >= 4 is 5.91 Å². The summed E-state index contributed by atoms with van der Waals surface area (Å²) in [6.07, 6.45) is -3.14. The molecule has 10 heteroatoms. The van der Waals surface area contributed by atoms with Crippen molar-refractivity contribution in [3.05, 3.63) is 11.8 Å². The number of hydrogen-bond acceptors (Lipinski definition) is 6. The average molecular weight is 403 g/mol. The fourth-order valence-electron chi connectivity index (χ4n) is 3.68. The van der Waals surface area contributed by atoms with Gasteiger partial charge in [0.1, 0.15) is 6.54 Å². The monoisotopic (exact) mass is 403 g/mol. The molecule has 158 valence electrons. The lowest BCUT2D eigenvalue weighted by Crippen LogP contribution is -2.58. The molecule has 2 aliphatic rings. The maximum Gasteiger partial charge on any atom is 0.406 e. The van der Waals surface area contributed by atoms with Crippen LogP contribution in [0.5, 0.6) is 0 Å². The van der Waals surface area contributed by atoms with Crippen LogP contribution in [0, 0.1) is 0 Å². The van der Waals surface area contributed by atoms with Gasteiger partial charge in [-0.1, -0.05) is 20.8 Å². The molecule has 0 radical (unpaired) electrons. The Hall–Kier alpha value is -1.68. The molecular formula is C18H28F3N5O2. The van der Waals surface area contributed by atoms with Crippen molar-refractivity contribution in [1.82, 2.24) is 24.9 Å². The number of nitrogens with zero attached hydrogens (tertiary/aromatic N) is 5. The van der Waals surface area contributed by atoms with Crippen LogP contribution >= 0.6 is 0 Å². The number of alkyl halides is 3. The van der Waals surface area contributed by atoms with Gasteiger partial charge in [0, 0.05) is 38.1 Å². The number of hydrogen-bond donors (Lipinski definition) is 0. The molecule has 2 fully saturated rings. The van der Waals surface area contributed by atoms with E-state index in [1.807, 2.05) is 25.7 Å². The van der Waals surface area contributed by atoms with Crippen molar-refractivity contribution in [3.63, 3.8) is 0 Å². The smallest absolute Gasteiger partial charge is 0.406 e. The molecule has 0 aliphatic carbocycles. The highest BCUT2D eigenvalue weighted by molar-refractivity contribution is 5.82. The van der Waals surface area contributed by atoms with Crippen LogP contribution in [0.4, 0.5) is 13.2 Å². The number of piperazine rings is 1. The Balaban J connectivity index is 1.52. The van der Waals surface area contributed by atoms with Crippen molar-refractivity contribution in [2.24, 2.45) is 0 Å². The third kappa shape index (κ3) is 5.22. The molecule has 2 aliphatic heterocycles. The number of carbonyl (C=O) groups excluding carboxylic acids is 1. The zero-order valence-corrected chi connectivity index (χ0v) is 16.6. The van der Waals surface area contributed by atoms with Crippen LogP contribution < -0.4 is 0 Å². The van der Waals surface area contributed by atoms with Gasteiger partial charge in [0.25, 0.3) is 0 Å². The van der Waals surface area contributed by atoms with Gasteiger partial charge in [0.2, 0.25) is 17.7 Å². The van der Waals surface area contributed by atoms with Crippen molar-refractivity contribution in [3.8, 4) is 0 Å². The second kappa shape index (κ2) is 7.98. The van der Waals surface area contributed by atoms with Crippen LogP contribution in [0.2, 0.25) is 0 Å². The van der Waals surface area contributed by atoms with Gasteiger partial charge in [-0.25, -0.2) is 0 Å². The fraction of sp³-hybridized carbons (Fsp3) is 0.833. The third-order valence-electron chi connectivity index (χ3n) is 5.19. The SMILES string of the molecule is CC(C)(C)c1nnc(CN2CCN([C@@H]3CCCN(CC(F)(F)F)C3=O)CC2)o1. The summed E-state index contributed by atoms with van der Waals surface area (Å²) in [4.78, 5) is 17.6. The molecule has 0 N–H and O–H groups in total. The number of rotatable bonds is 4. The number of amides is 1. The summed E-state index contributed by atoms with van der Waals surface area (Å²) in [6.45, 7) is 8.26. The molecule has 1 atom stereocenters. The summed E-state index contributed by atoms with van der Waals surface area (Å²) in [5, 5.41) is 8.20. The molecule has 3 heterocycles. The first-order chi connectivity index (χ1) is 13.0. The van der Waals surface area contributed by atoms with Gasteiger partial charge in [-0.05, 0) is 12.8 Å². The van der Waals surface area contributed by atoms with Crippen molar-refractivity contribution in [2.75, 3.05) is 39.3 Å². The molecule has 1 aromatic heterocycles. The topological polar surface area (TPSA) is 65.7 Å². The molecule has 0 bridgehead atoms. The number of likely N-dealkylation sites (tertiary alicyclic amines) is 1. The minimum absolute atomic E-state index is 0.183. The highest BCUT2D eigenvalue weighted by Crippen LogP contribution is 2.24. The Morgan fingerprint density at radius 1 is 1.07 bits per heavy atom. The largest absolute Gasteiger partial charge is 0.423 e. The van der Waals surface area contributed by atoms with E-state index in [0.29, 0.717) is 57.3 Å². The van der Waals surface area contributed by atoms with Crippen LogP contribution in [0.15, 0.2) is 4.42 Å². The fourth-order valence-corrected chi connectivity index (χ4v) is 3.68. The molecule has 0 spiro atoms. The Kier molecular flexibility index (Phi) is 6.00. The minimum atomic E-state index is -4.35. The van der Waals surface area contributed by atoms with E-state index in [2.05, 4.69) is 15.1 Å². The van der Waals surface area contributed by atoms with E-state index in [1.165, 1.54) is 0 Å². The number of aromatic nitrogens is 2. The number of piperidine rings is 1. The molecule has 1 aromatic rings. The van der Waals surface area contributed by atoms with Gasteiger partial charge >= 0.3 is 6.18 Å². The van der Waals surface area contributed by atoms with Gasteiger partial charge in [-0.2, -0.15) is 13.2 Å². The van der Waals surface area contributed by atoms with Crippen LogP contribution in [0.25, 0.3) is 0 Å². The standard InChI is InChI=1S/C18H28F3N5O2/c1-17(2,3)16-23-22-14(28-16)11-24-7-9-25(10-8-24)13-5-4-6-26(15(13)27)12-18(19,20)21/h13H,4-12H2,1-3H3/t13-/m1/s1. The van der Waals surface area contributed by atoms with E-state index in [1.54, 1.807) is 0 Å². The first-order valence-corrected chi connectivity index (χ1v) is 9.68. The van der Waals surface area contributed by atoms with E-state index in [4.69, 9.17) is 4.42 Å². The second-order valence-electron chi connectivity index (χ2n) is 8.60. The van der Waals surface area contributed by atoms with E-state index in [0.717, 1.165) is 4.90 Å². The lowest BCUT2D eigenvalue weighted by atomic mass is 9.97. The normalized spacial score (nSPS) is 23.4. The Labute approximate surface area is 162 Å². The van der Waals surface area contributed by atoms with Gasteiger partial charge in [-0.3, -0.25) is 14.6 Å². The molecule has 28 heavy (non-hydrogen) atoms. The second-order valence-corrected chi connectivity index (χ2v) is 8.60. The van der Waals surface area contributed by atoms with Gasteiger partial charge in [0.05, 0.1) is 12.6 Å². The van der Waals surface area contributed by atoms with E-state index in [9.17, 15) is 18.0 Å². The van der Waals surface area contributed by atoms with Crippen LogP contribution in [0.1, 0.15) is 45.4 Å². The summed E-state index contributed by atoms with van der Waals surface area (Å²) in [5.74, 6) is 0.755. The maximum atomic E-state index is 12.7. The number of carbonyl (C=O) groups is 1. The third-order valence-corrected chi connectivity index (χ3v) is 5.19. The highest BCUT2D eigenvalue weighted by Gasteiger charge is 2.40. The average Bonchev–Trinajstić information content (AvgIpc) is 3.05. The van der Waals surface area contributed by atoms with Gasteiger partial charge in [0.15, 0.2) is 0 Å². The minimum Gasteiger partial charge on any atom is -0.423 e. The molecule has 0 saturated carbocycles. The van der Waals surface area contributed by atoms with Crippen LogP contribution in [0.3, 0.4) is 0 Å². The van der Waals surface area contributed by atoms with Crippen LogP contribution in [-0.2, 0) is 16.8 Å². The molecule has 0 aromatic carbocycles. The lowest BCUT2D eigenvalue weighted by molar-refractivity contribution is -0.168. The van der Waals surface area contributed by atoms with Crippen LogP contribution in [-0.4, -0.2) is 82.3 Å². The molecule has 2 saturated heterocycles. The predicted molar refractivity (Wildman–Crippen MR) is 95.5 cm³/mol. The summed E-state index contributed by atoms with van der Waals surface area (Å²) >= 11 is 0. The summed E-state index contributed by atoms with van der Waals surface area (Å²) in [7, 11) is 0. The Morgan fingerprint density at radius 3 is 2.32 bits per heavy atom. The molecular weight excluding hydrogens is 375 g/mol. The first kappa shape index (κ1) is 21.0. The first-order valence-electron chi connectivity index (χ1n) is 9.68. The van der Waals surface area contributed by atoms with E-state index in [-0.39, 0.29) is 12.0 Å². The quantitative estimate of drug-likeness (QED) is 0.767. The summed E-state index contributed by atoms with van der Waals surface area (Å²) < 4.78 is 43.8. The lowest BCUT2D eigenvalue weighted by Gasteiger charge is -2.42. The number of halogens is 3. The zero-order chi connectivity index (χ0) is 20.5. The van der Waals surface area contributed by atoms with Crippen molar-refractivity contribution in [2.45, 2.75) is 57.8 Å². The molecule has 1 amide bonds. The summed E-state index contributed by atoms with van der Waals surface area (Å²) in [6, 6.07) is -0.450. The predicted octanol–water partition coefficient (Wildman–Crippen LogP) is 2.04. The van der Waals surface area contributed by atoms with Crippen molar-refractivity contribution in [1.29, 1.82) is 0 Å². The Bertz CT molecular complexity index is 677. The van der Waals surface area contributed by atoms with Crippen molar-refractivity contribution < 1.29 is 22.4 Å². The van der Waals surface area contributed by atoms with Gasteiger partial charge < -0.3 is 9.32 Å². The molecule has 3 rings (SSSR count). The van der Waals surface area contributed by atoms with Gasteiger partial charge in [-0.15, -0.1) is 10.2 Å². The highest BCUT2D eigenvalue weighted by atomic mass is 19.4. The molecule has 7 nitrogen and oxygen atoms in total. The maximum absolute atomic E-state index is 12.7. The zero-order valence-electron chi connectivity index (χ0n) is 16.6. The summed E-state index contributed by atoms with van der Waals surface area (Å²) in [5.41, 5.74) is -0.201.